The summed E-state index contributed by atoms with van der Waals surface area (Å²) in [6, 6.07) is 10.3. The molecule has 0 fully saturated rings. The first-order valence-corrected chi connectivity index (χ1v) is 8.65. The summed E-state index contributed by atoms with van der Waals surface area (Å²) in [5.74, 6) is 1.71. The summed E-state index contributed by atoms with van der Waals surface area (Å²) in [6.45, 7) is 6.74. The number of benzene rings is 2. The van der Waals surface area contributed by atoms with Crippen molar-refractivity contribution in [2.24, 2.45) is 0 Å². The maximum Gasteiger partial charge on any atom is 0.406 e. The molecule has 0 aliphatic carbocycles. The lowest BCUT2D eigenvalue weighted by Crippen LogP contribution is -2.25. The molecule has 2 aromatic carbocycles. The number of hydrogen-bond acceptors (Lipinski definition) is 3. The van der Waals surface area contributed by atoms with Crippen LogP contribution in [0, 0.1) is 20.8 Å². The second-order valence-electron chi connectivity index (χ2n) is 6.52. The predicted octanol–water partition coefficient (Wildman–Crippen LogP) is 4.78. The molecule has 0 spiro atoms. The predicted molar refractivity (Wildman–Crippen MR) is 103 cm³/mol. The van der Waals surface area contributed by atoms with Gasteiger partial charge in [0, 0.05) is 29.7 Å². The topological polar surface area (TPSA) is 63.3 Å². The Balaban J connectivity index is 1.77. The van der Waals surface area contributed by atoms with Crippen LogP contribution in [0.1, 0.15) is 22.3 Å². The molecule has 0 unspecified atom stereocenters. The van der Waals surface area contributed by atoms with Crippen LogP contribution in [0.2, 0.25) is 0 Å². The molecule has 5 heteroatoms. The van der Waals surface area contributed by atoms with Gasteiger partial charge < -0.3 is 19.8 Å². The summed E-state index contributed by atoms with van der Waals surface area (Å²) in [5.41, 5.74) is 5.65. The average molecular weight is 352 g/mol. The lowest BCUT2D eigenvalue weighted by atomic mass is 10.1. The molecule has 0 aliphatic heterocycles. The van der Waals surface area contributed by atoms with E-state index >= 15 is 0 Å². The first-order valence-electron chi connectivity index (χ1n) is 8.65. The quantitative estimate of drug-likeness (QED) is 0.694. The number of carbonyl (C=O) groups is 1. The van der Waals surface area contributed by atoms with Gasteiger partial charge in [0.2, 0.25) is 0 Å². The van der Waals surface area contributed by atoms with Crippen LogP contribution in [-0.2, 0) is 11.2 Å². The molecule has 2 N–H and O–H groups in total. The molecule has 0 aliphatic rings. The van der Waals surface area contributed by atoms with Gasteiger partial charge >= 0.3 is 6.09 Å². The van der Waals surface area contributed by atoms with Gasteiger partial charge in [0.05, 0.1) is 7.11 Å². The summed E-state index contributed by atoms with van der Waals surface area (Å²) in [4.78, 5) is 14.4. The van der Waals surface area contributed by atoms with Crippen molar-refractivity contribution in [2.75, 3.05) is 13.7 Å². The highest BCUT2D eigenvalue weighted by Crippen LogP contribution is 2.32. The maximum atomic E-state index is 11.1. The van der Waals surface area contributed by atoms with Crippen LogP contribution in [0.15, 0.2) is 36.5 Å². The lowest BCUT2D eigenvalue weighted by Gasteiger charge is -2.13. The van der Waals surface area contributed by atoms with E-state index in [9.17, 15) is 4.79 Å². The minimum absolute atomic E-state index is 0.413. The van der Waals surface area contributed by atoms with Gasteiger partial charge in [-0.15, -0.1) is 0 Å². The molecule has 0 radical (unpaired) electrons. The van der Waals surface area contributed by atoms with Gasteiger partial charge in [-0.25, -0.2) is 4.79 Å². The number of alkyl carbamates (subject to hydrolysis) is 1. The molecule has 1 aromatic heterocycles. The van der Waals surface area contributed by atoms with Crippen molar-refractivity contribution in [1.82, 2.24) is 10.3 Å². The van der Waals surface area contributed by atoms with Gasteiger partial charge in [-0.1, -0.05) is 17.7 Å². The molecule has 136 valence electrons. The van der Waals surface area contributed by atoms with Gasteiger partial charge in [0.1, 0.15) is 11.5 Å². The van der Waals surface area contributed by atoms with Crippen LogP contribution in [0.4, 0.5) is 4.79 Å². The molecular formula is C21H24N2O3. The van der Waals surface area contributed by atoms with Crippen molar-refractivity contribution in [3.8, 4) is 11.5 Å². The zero-order valence-corrected chi connectivity index (χ0v) is 15.6. The lowest BCUT2D eigenvalue weighted by molar-refractivity contribution is 0.171. The zero-order valence-electron chi connectivity index (χ0n) is 15.6. The van der Waals surface area contributed by atoms with Gasteiger partial charge in [0.15, 0.2) is 0 Å². The number of ether oxygens (including phenoxy) is 2. The average Bonchev–Trinajstić information content (AvgIpc) is 3.00. The molecule has 3 aromatic rings. The van der Waals surface area contributed by atoms with Gasteiger partial charge in [-0.05, 0) is 56.0 Å². The number of carbonyl (C=O) groups excluding carboxylic acids is 1. The summed E-state index contributed by atoms with van der Waals surface area (Å²) < 4.78 is 10.7. The summed E-state index contributed by atoms with van der Waals surface area (Å²) in [7, 11) is 1.36. The van der Waals surface area contributed by atoms with Crippen molar-refractivity contribution in [2.45, 2.75) is 27.2 Å². The number of fused-ring (bicyclic) bond motifs is 1. The number of aromatic amines is 1. The van der Waals surface area contributed by atoms with E-state index in [1.165, 1.54) is 12.7 Å². The van der Waals surface area contributed by atoms with Gasteiger partial charge in [-0.3, -0.25) is 0 Å². The fourth-order valence-electron chi connectivity index (χ4n) is 3.25. The second kappa shape index (κ2) is 7.52. The highest BCUT2D eigenvalue weighted by atomic mass is 16.5. The van der Waals surface area contributed by atoms with Crippen LogP contribution in [0.25, 0.3) is 10.9 Å². The summed E-state index contributed by atoms with van der Waals surface area (Å²) in [5, 5.41) is 3.82. The third-order valence-electron chi connectivity index (χ3n) is 4.41. The van der Waals surface area contributed by atoms with Crippen LogP contribution in [0.3, 0.4) is 0 Å². The normalized spacial score (nSPS) is 10.8. The fourth-order valence-corrected chi connectivity index (χ4v) is 3.25. The van der Waals surface area contributed by atoms with Crippen molar-refractivity contribution in [1.29, 1.82) is 0 Å². The zero-order chi connectivity index (χ0) is 18.7. The fraction of sp³-hybridized carbons (Fsp3) is 0.286. The molecule has 1 heterocycles. The minimum Gasteiger partial charge on any atom is -0.457 e. The number of hydrogen-bond donors (Lipinski definition) is 2. The monoisotopic (exact) mass is 352 g/mol. The number of methoxy groups -OCH3 is 1. The van der Waals surface area contributed by atoms with Crippen molar-refractivity contribution in [3.05, 3.63) is 58.8 Å². The molecule has 5 nitrogen and oxygen atoms in total. The van der Waals surface area contributed by atoms with Crippen LogP contribution >= 0.6 is 0 Å². The molecule has 0 atom stereocenters. The van der Waals surface area contributed by atoms with Crippen LogP contribution in [-0.4, -0.2) is 24.7 Å². The maximum absolute atomic E-state index is 11.1. The summed E-state index contributed by atoms with van der Waals surface area (Å²) >= 11 is 0. The molecule has 0 bridgehead atoms. The van der Waals surface area contributed by atoms with E-state index in [1.54, 1.807) is 0 Å². The minimum atomic E-state index is -0.413. The van der Waals surface area contributed by atoms with Gasteiger partial charge in [-0.2, -0.15) is 0 Å². The van der Waals surface area contributed by atoms with E-state index in [4.69, 9.17) is 4.74 Å². The number of rotatable bonds is 5. The van der Waals surface area contributed by atoms with Crippen LogP contribution in [0.5, 0.6) is 11.5 Å². The largest absolute Gasteiger partial charge is 0.457 e. The van der Waals surface area contributed by atoms with E-state index in [0.29, 0.717) is 6.54 Å². The third-order valence-corrected chi connectivity index (χ3v) is 4.41. The Morgan fingerprint density at radius 1 is 1.12 bits per heavy atom. The molecule has 0 saturated heterocycles. The number of amides is 1. The molecule has 0 saturated carbocycles. The van der Waals surface area contributed by atoms with Crippen molar-refractivity contribution < 1.29 is 14.3 Å². The third kappa shape index (κ3) is 3.82. The highest BCUT2D eigenvalue weighted by molar-refractivity contribution is 5.84. The van der Waals surface area contributed by atoms with E-state index in [2.05, 4.69) is 47.9 Å². The van der Waals surface area contributed by atoms with Gasteiger partial charge in [0.25, 0.3) is 0 Å². The van der Waals surface area contributed by atoms with E-state index in [-0.39, 0.29) is 0 Å². The molecule has 1 amide bonds. The Morgan fingerprint density at radius 3 is 2.54 bits per heavy atom. The Bertz CT molecular complexity index is 921. The molecule has 3 rings (SSSR count). The summed E-state index contributed by atoms with van der Waals surface area (Å²) in [6.07, 6.45) is 2.28. The van der Waals surface area contributed by atoms with Crippen molar-refractivity contribution >= 4 is 17.0 Å². The highest BCUT2D eigenvalue weighted by Gasteiger charge is 2.09. The van der Waals surface area contributed by atoms with Crippen molar-refractivity contribution in [3.63, 3.8) is 0 Å². The Hall–Kier alpha value is -2.95. The van der Waals surface area contributed by atoms with E-state index in [0.717, 1.165) is 45.5 Å². The first kappa shape index (κ1) is 17.9. The van der Waals surface area contributed by atoms with Crippen LogP contribution < -0.4 is 10.1 Å². The standard InChI is InChI=1S/C21H24N2O3/c1-13-9-14(2)20(15(3)10-13)26-17-5-6-18-16(12-23-19(18)11-17)7-8-22-21(24)25-4/h5-6,9-12,23H,7-8H2,1-4H3,(H,22,24). The Labute approximate surface area is 153 Å². The van der Waals surface area contributed by atoms with E-state index in [1.807, 2.05) is 24.4 Å². The van der Waals surface area contributed by atoms with E-state index < -0.39 is 6.09 Å². The number of H-pyrrole nitrogens is 1. The second-order valence-corrected chi connectivity index (χ2v) is 6.52. The Kier molecular flexibility index (Phi) is 5.16. The smallest absolute Gasteiger partial charge is 0.406 e. The Morgan fingerprint density at radius 2 is 1.85 bits per heavy atom. The SMILES string of the molecule is COC(=O)NCCc1c[nH]c2cc(Oc3c(C)cc(C)cc3C)ccc12. The molecular weight excluding hydrogens is 328 g/mol. The number of aryl methyl sites for hydroxylation is 3. The number of aromatic nitrogens is 1. The molecule has 26 heavy (non-hydrogen) atoms. The number of nitrogens with one attached hydrogen (secondary N) is 2. The first-order chi connectivity index (χ1) is 12.5.